The minimum absolute atomic E-state index is 0.759. The largest absolute Gasteiger partial charge is 0.379 e. The van der Waals surface area contributed by atoms with Crippen LogP contribution >= 0.6 is 0 Å². The van der Waals surface area contributed by atoms with Crippen LogP contribution in [0.25, 0.3) is 10.8 Å². The first-order valence-corrected chi connectivity index (χ1v) is 8.54. The van der Waals surface area contributed by atoms with Crippen LogP contribution in [0, 0.1) is 0 Å². The maximum Gasteiger partial charge on any atom is 0.0840 e. The summed E-state index contributed by atoms with van der Waals surface area (Å²) in [6.07, 6.45) is 3.01. The van der Waals surface area contributed by atoms with Gasteiger partial charge in [0.1, 0.15) is 0 Å². The number of benzene rings is 2. The molecule has 4 rings (SSSR count). The summed E-state index contributed by atoms with van der Waals surface area (Å²) in [6.45, 7) is 5.51. The second-order valence-electron chi connectivity index (χ2n) is 6.29. The summed E-state index contributed by atoms with van der Waals surface area (Å²) < 4.78 is 7.31. The summed E-state index contributed by atoms with van der Waals surface area (Å²) in [5.41, 5.74) is 2.31. The van der Waals surface area contributed by atoms with Crippen molar-refractivity contribution in [1.29, 1.82) is 0 Å². The minimum Gasteiger partial charge on any atom is -0.379 e. The van der Waals surface area contributed by atoms with Crippen molar-refractivity contribution in [3.05, 3.63) is 59.9 Å². The predicted octanol–water partition coefficient (Wildman–Crippen LogP) is 2.35. The normalized spacial score (nSPS) is 15.8. The minimum atomic E-state index is 0.759. The molecule has 5 heteroatoms. The molecule has 3 aromatic rings. The number of hydrogen-bond acceptors (Lipinski definition) is 4. The molecule has 0 radical (unpaired) electrons. The van der Waals surface area contributed by atoms with Crippen LogP contribution in [0.2, 0.25) is 0 Å². The van der Waals surface area contributed by atoms with Crippen molar-refractivity contribution in [1.82, 2.24) is 19.9 Å². The van der Waals surface area contributed by atoms with E-state index in [4.69, 9.17) is 4.74 Å². The molecule has 0 saturated carbocycles. The van der Waals surface area contributed by atoms with Gasteiger partial charge in [0.05, 0.1) is 25.5 Å². The van der Waals surface area contributed by atoms with Gasteiger partial charge in [-0.1, -0.05) is 41.6 Å². The predicted molar refractivity (Wildman–Crippen MR) is 94.0 cm³/mol. The zero-order chi connectivity index (χ0) is 16.2. The fourth-order valence-electron chi connectivity index (χ4n) is 3.15. The number of hydrogen-bond donors (Lipinski definition) is 0. The lowest BCUT2D eigenvalue weighted by molar-refractivity contribution is 0.0383. The summed E-state index contributed by atoms with van der Waals surface area (Å²) in [5, 5.41) is 11.1. The van der Waals surface area contributed by atoms with Crippen LogP contribution in [0.3, 0.4) is 0 Å². The molecule has 0 N–H and O–H groups in total. The highest BCUT2D eigenvalue weighted by molar-refractivity contribution is 5.82. The van der Waals surface area contributed by atoms with Gasteiger partial charge in [-0.3, -0.25) is 4.90 Å². The zero-order valence-corrected chi connectivity index (χ0v) is 13.8. The Bertz CT molecular complexity index is 808. The quantitative estimate of drug-likeness (QED) is 0.723. The number of aromatic nitrogens is 3. The van der Waals surface area contributed by atoms with Crippen molar-refractivity contribution >= 4 is 10.8 Å². The molecule has 24 heavy (non-hydrogen) atoms. The molecule has 1 aliphatic heterocycles. The van der Waals surface area contributed by atoms with Crippen molar-refractivity contribution in [3.63, 3.8) is 0 Å². The van der Waals surface area contributed by atoms with E-state index >= 15 is 0 Å². The highest BCUT2D eigenvalue weighted by Crippen LogP contribution is 2.16. The van der Waals surface area contributed by atoms with Gasteiger partial charge < -0.3 is 4.74 Å². The van der Waals surface area contributed by atoms with Crippen LogP contribution in [-0.2, 0) is 17.7 Å². The Balaban J connectivity index is 1.38. The molecular weight excluding hydrogens is 300 g/mol. The maximum atomic E-state index is 5.38. The highest BCUT2D eigenvalue weighted by atomic mass is 16.5. The fraction of sp³-hybridized carbons (Fsp3) is 0.368. The number of rotatable bonds is 5. The molecule has 2 heterocycles. The van der Waals surface area contributed by atoms with Crippen LogP contribution in [-0.4, -0.2) is 52.7 Å². The molecule has 1 aliphatic rings. The smallest absolute Gasteiger partial charge is 0.0840 e. The molecule has 0 amide bonds. The first-order valence-electron chi connectivity index (χ1n) is 8.54. The first-order chi connectivity index (χ1) is 11.9. The molecule has 0 bridgehead atoms. The molecule has 2 aromatic carbocycles. The lowest BCUT2D eigenvalue weighted by Gasteiger charge is -2.25. The standard InChI is InChI=1S/C19H22N4O/c1-2-4-18-13-16(5-6-17(18)3-1)14-23-15-19(20-21-23)7-8-22-9-11-24-12-10-22/h1-6,13,15H,7-12,14H2. The Morgan fingerprint density at radius 2 is 1.83 bits per heavy atom. The van der Waals surface area contributed by atoms with Crippen LogP contribution in [0.5, 0.6) is 0 Å². The van der Waals surface area contributed by atoms with Crippen molar-refractivity contribution < 1.29 is 4.74 Å². The van der Waals surface area contributed by atoms with Crippen LogP contribution < -0.4 is 0 Å². The van der Waals surface area contributed by atoms with Crippen LogP contribution in [0.1, 0.15) is 11.3 Å². The Morgan fingerprint density at radius 1 is 1.00 bits per heavy atom. The molecular formula is C19H22N4O. The topological polar surface area (TPSA) is 43.2 Å². The van der Waals surface area contributed by atoms with Gasteiger partial charge in [-0.15, -0.1) is 5.10 Å². The third kappa shape index (κ3) is 3.63. The first kappa shape index (κ1) is 15.3. The maximum absolute atomic E-state index is 5.38. The van der Waals surface area contributed by atoms with E-state index in [1.54, 1.807) is 0 Å². The molecule has 124 valence electrons. The molecule has 0 aliphatic carbocycles. The van der Waals surface area contributed by atoms with E-state index in [2.05, 4.69) is 63.9 Å². The van der Waals surface area contributed by atoms with Crippen molar-refractivity contribution in [2.75, 3.05) is 32.8 Å². The number of ether oxygens (including phenoxy) is 1. The van der Waals surface area contributed by atoms with Gasteiger partial charge in [0, 0.05) is 32.3 Å². The van der Waals surface area contributed by atoms with Crippen LogP contribution in [0.4, 0.5) is 0 Å². The Kier molecular flexibility index (Phi) is 4.53. The fourth-order valence-corrected chi connectivity index (χ4v) is 3.15. The van der Waals surface area contributed by atoms with Gasteiger partial charge in [-0.2, -0.15) is 0 Å². The second-order valence-corrected chi connectivity index (χ2v) is 6.29. The van der Waals surface area contributed by atoms with Crippen LogP contribution in [0.15, 0.2) is 48.7 Å². The van der Waals surface area contributed by atoms with Gasteiger partial charge in [0.2, 0.25) is 0 Å². The van der Waals surface area contributed by atoms with E-state index in [0.29, 0.717) is 0 Å². The molecule has 1 fully saturated rings. The third-order valence-electron chi connectivity index (χ3n) is 4.53. The average Bonchev–Trinajstić information content (AvgIpc) is 3.08. The number of morpholine rings is 1. The third-order valence-corrected chi connectivity index (χ3v) is 4.53. The molecule has 1 aromatic heterocycles. The van der Waals surface area contributed by atoms with E-state index in [-0.39, 0.29) is 0 Å². The van der Waals surface area contributed by atoms with Crippen molar-refractivity contribution in [2.45, 2.75) is 13.0 Å². The highest BCUT2D eigenvalue weighted by Gasteiger charge is 2.11. The van der Waals surface area contributed by atoms with Crippen molar-refractivity contribution in [3.8, 4) is 0 Å². The summed E-state index contributed by atoms with van der Waals surface area (Å²) >= 11 is 0. The van der Waals surface area contributed by atoms with Crippen molar-refractivity contribution in [2.24, 2.45) is 0 Å². The van der Waals surface area contributed by atoms with Gasteiger partial charge in [0.25, 0.3) is 0 Å². The summed E-state index contributed by atoms with van der Waals surface area (Å²) in [5.74, 6) is 0. The van der Waals surface area contributed by atoms with Gasteiger partial charge in [-0.05, 0) is 22.4 Å². The average molecular weight is 322 g/mol. The summed E-state index contributed by atoms with van der Waals surface area (Å²) in [7, 11) is 0. The monoisotopic (exact) mass is 322 g/mol. The Morgan fingerprint density at radius 3 is 2.71 bits per heavy atom. The SMILES string of the molecule is c1ccc2cc(Cn3cc(CCN4CCOCC4)nn3)ccc2c1. The molecule has 0 unspecified atom stereocenters. The summed E-state index contributed by atoms with van der Waals surface area (Å²) in [4.78, 5) is 2.42. The van der Waals surface area contributed by atoms with Gasteiger partial charge >= 0.3 is 0 Å². The van der Waals surface area contributed by atoms with Gasteiger partial charge in [-0.25, -0.2) is 4.68 Å². The Hall–Kier alpha value is -2.24. The van der Waals surface area contributed by atoms with E-state index in [0.717, 1.165) is 51.5 Å². The zero-order valence-electron chi connectivity index (χ0n) is 13.8. The van der Waals surface area contributed by atoms with E-state index in [9.17, 15) is 0 Å². The molecule has 5 nitrogen and oxygen atoms in total. The molecule has 1 saturated heterocycles. The summed E-state index contributed by atoms with van der Waals surface area (Å²) in [6, 6.07) is 15.0. The van der Waals surface area contributed by atoms with E-state index < -0.39 is 0 Å². The second kappa shape index (κ2) is 7.11. The number of nitrogens with zero attached hydrogens (tertiary/aromatic N) is 4. The van der Waals surface area contributed by atoms with E-state index in [1.165, 1.54) is 16.3 Å². The lowest BCUT2D eigenvalue weighted by atomic mass is 10.1. The molecule has 0 spiro atoms. The molecule has 0 atom stereocenters. The Labute approximate surface area is 141 Å². The number of fused-ring (bicyclic) bond motifs is 1. The van der Waals surface area contributed by atoms with Gasteiger partial charge in [0.15, 0.2) is 0 Å². The lowest BCUT2D eigenvalue weighted by Crippen LogP contribution is -2.37. The van der Waals surface area contributed by atoms with E-state index in [1.807, 2.05) is 4.68 Å².